The van der Waals surface area contributed by atoms with E-state index in [0.717, 1.165) is 5.56 Å². The van der Waals surface area contributed by atoms with E-state index in [2.05, 4.69) is 6.07 Å². The number of esters is 1. The number of rotatable bonds is 5. The van der Waals surface area contributed by atoms with Gasteiger partial charge in [0.05, 0.1) is 17.2 Å². The van der Waals surface area contributed by atoms with Gasteiger partial charge in [-0.05, 0) is 31.5 Å². The molecule has 0 N–H and O–H groups in total. The number of carbonyl (C=O) groups is 2. The summed E-state index contributed by atoms with van der Waals surface area (Å²) in [6.07, 6.45) is -0.922. The first kappa shape index (κ1) is 19.1. The lowest BCUT2D eigenvalue weighted by molar-refractivity contribution is 0.0319. The standard InChI is InChI=1S/C24H19NO3/c1-16-11-13-18(14-12-16)23(26)17(2)28-24(27)22-10-6-5-9-21(22)20-8-4-3-7-19(20)15-25/h3-14,17H,1-2H3/t17-/m0/s1. The summed E-state index contributed by atoms with van der Waals surface area (Å²) < 4.78 is 5.45. The number of hydrogen-bond donors (Lipinski definition) is 0. The average molecular weight is 369 g/mol. The van der Waals surface area contributed by atoms with Crippen LogP contribution in [0.4, 0.5) is 0 Å². The predicted molar refractivity (Wildman–Crippen MR) is 107 cm³/mol. The molecule has 0 aromatic heterocycles. The Labute approximate surface area is 164 Å². The lowest BCUT2D eigenvalue weighted by Gasteiger charge is -2.15. The van der Waals surface area contributed by atoms with Crippen molar-refractivity contribution in [2.75, 3.05) is 0 Å². The quantitative estimate of drug-likeness (QED) is 0.471. The highest BCUT2D eigenvalue weighted by molar-refractivity contribution is 6.03. The molecule has 0 bridgehead atoms. The van der Waals surface area contributed by atoms with Crippen molar-refractivity contribution in [3.05, 3.63) is 95.1 Å². The Morgan fingerprint density at radius 3 is 2.18 bits per heavy atom. The molecule has 4 heteroatoms. The Morgan fingerprint density at radius 2 is 1.50 bits per heavy atom. The summed E-state index contributed by atoms with van der Waals surface area (Å²) in [4.78, 5) is 25.3. The van der Waals surface area contributed by atoms with E-state index in [0.29, 0.717) is 27.8 Å². The van der Waals surface area contributed by atoms with E-state index in [1.54, 1.807) is 61.5 Å². The second-order valence-electron chi connectivity index (χ2n) is 6.48. The predicted octanol–water partition coefficient (Wildman–Crippen LogP) is 4.96. The molecule has 0 aliphatic heterocycles. The number of nitrogens with zero attached hydrogens (tertiary/aromatic N) is 1. The molecule has 0 saturated heterocycles. The van der Waals surface area contributed by atoms with Crippen LogP contribution in [0.2, 0.25) is 0 Å². The van der Waals surface area contributed by atoms with Crippen molar-refractivity contribution in [1.29, 1.82) is 5.26 Å². The fraction of sp³-hybridized carbons (Fsp3) is 0.125. The maximum absolute atomic E-state index is 12.8. The van der Waals surface area contributed by atoms with Crippen LogP contribution in [0.25, 0.3) is 11.1 Å². The maximum Gasteiger partial charge on any atom is 0.339 e. The van der Waals surface area contributed by atoms with Crippen LogP contribution in [0.5, 0.6) is 0 Å². The zero-order chi connectivity index (χ0) is 20.1. The second-order valence-corrected chi connectivity index (χ2v) is 6.48. The first-order valence-electron chi connectivity index (χ1n) is 8.91. The normalized spacial score (nSPS) is 11.3. The van der Waals surface area contributed by atoms with Gasteiger partial charge in [0.15, 0.2) is 6.10 Å². The molecule has 3 aromatic carbocycles. The van der Waals surface area contributed by atoms with Crippen LogP contribution in [0, 0.1) is 18.3 Å². The molecule has 28 heavy (non-hydrogen) atoms. The largest absolute Gasteiger partial charge is 0.451 e. The minimum Gasteiger partial charge on any atom is -0.451 e. The zero-order valence-electron chi connectivity index (χ0n) is 15.7. The number of ether oxygens (including phenoxy) is 1. The molecular weight excluding hydrogens is 350 g/mol. The first-order chi connectivity index (χ1) is 13.5. The minimum absolute atomic E-state index is 0.261. The first-order valence-corrected chi connectivity index (χ1v) is 8.91. The van der Waals surface area contributed by atoms with Gasteiger partial charge in [-0.2, -0.15) is 5.26 Å². The Kier molecular flexibility index (Phi) is 5.67. The summed E-state index contributed by atoms with van der Waals surface area (Å²) in [7, 11) is 0. The van der Waals surface area contributed by atoms with Crippen molar-refractivity contribution >= 4 is 11.8 Å². The van der Waals surface area contributed by atoms with E-state index < -0.39 is 12.1 Å². The smallest absolute Gasteiger partial charge is 0.339 e. The van der Waals surface area contributed by atoms with Gasteiger partial charge in [0.2, 0.25) is 5.78 Å². The molecule has 0 fully saturated rings. The van der Waals surface area contributed by atoms with E-state index in [9.17, 15) is 14.9 Å². The molecular formula is C24H19NO3. The van der Waals surface area contributed by atoms with Gasteiger partial charge in [-0.1, -0.05) is 66.2 Å². The van der Waals surface area contributed by atoms with Crippen LogP contribution in [0.15, 0.2) is 72.8 Å². The van der Waals surface area contributed by atoms with Gasteiger partial charge < -0.3 is 4.74 Å². The average Bonchev–Trinajstić information content (AvgIpc) is 2.73. The SMILES string of the molecule is Cc1ccc(C(=O)[C@H](C)OC(=O)c2ccccc2-c2ccccc2C#N)cc1. The van der Waals surface area contributed by atoms with Crippen LogP contribution in [-0.2, 0) is 4.74 Å². The number of carbonyl (C=O) groups excluding carboxylic acids is 2. The van der Waals surface area contributed by atoms with Gasteiger partial charge in [0.1, 0.15) is 0 Å². The fourth-order valence-corrected chi connectivity index (χ4v) is 2.94. The molecule has 0 saturated carbocycles. The summed E-state index contributed by atoms with van der Waals surface area (Å²) >= 11 is 0. The highest BCUT2D eigenvalue weighted by Crippen LogP contribution is 2.27. The number of Topliss-reactive ketones (excluding diaryl/α,β-unsaturated/α-hetero) is 1. The molecule has 1 atom stereocenters. The molecule has 3 aromatic rings. The third kappa shape index (κ3) is 3.99. The Balaban J connectivity index is 1.87. The summed E-state index contributed by atoms with van der Waals surface area (Å²) in [5.41, 5.74) is 3.57. The summed E-state index contributed by atoms with van der Waals surface area (Å²) in [5, 5.41) is 9.36. The number of hydrogen-bond acceptors (Lipinski definition) is 4. The van der Waals surface area contributed by atoms with Crippen molar-refractivity contribution in [3.63, 3.8) is 0 Å². The highest BCUT2D eigenvalue weighted by atomic mass is 16.5. The van der Waals surface area contributed by atoms with Gasteiger partial charge >= 0.3 is 5.97 Å². The molecule has 0 heterocycles. The molecule has 0 aliphatic carbocycles. The van der Waals surface area contributed by atoms with Crippen LogP contribution in [-0.4, -0.2) is 17.9 Å². The topological polar surface area (TPSA) is 67.2 Å². The number of ketones is 1. The van der Waals surface area contributed by atoms with Gasteiger partial charge in [-0.3, -0.25) is 4.79 Å². The summed E-state index contributed by atoms with van der Waals surface area (Å²) in [6.45, 7) is 3.50. The van der Waals surface area contributed by atoms with Crippen LogP contribution in [0.3, 0.4) is 0 Å². The molecule has 0 unspecified atom stereocenters. The lowest BCUT2D eigenvalue weighted by Crippen LogP contribution is -2.24. The minimum atomic E-state index is -0.922. The summed E-state index contributed by atoms with van der Waals surface area (Å²) in [5.74, 6) is -0.862. The van der Waals surface area contributed by atoms with E-state index in [1.807, 2.05) is 25.1 Å². The molecule has 138 valence electrons. The van der Waals surface area contributed by atoms with E-state index >= 15 is 0 Å². The van der Waals surface area contributed by atoms with Crippen molar-refractivity contribution in [3.8, 4) is 17.2 Å². The molecule has 0 amide bonds. The highest BCUT2D eigenvalue weighted by Gasteiger charge is 2.22. The Bertz CT molecular complexity index is 1060. The third-order valence-electron chi connectivity index (χ3n) is 4.47. The van der Waals surface area contributed by atoms with Gasteiger partial charge in [0.25, 0.3) is 0 Å². The maximum atomic E-state index is 12.8. The lowest BCUT2D eigenvalue weighted by atomic mass is 9.96. The molecule has 0 radical (unpaired) electrons. The van der Waals surface area contributed by atoms with Gasteiger partial charge in [-0.15, -0.1) is 0 Å². The number of benzene rings is 3. The third-order valence-corrected chi connectivity index (χ3v) is 4.47. The van der Waals surface area contributed by atoms with Gasteiger partial charge in [0, 0.05) is 11.1 Å². The van der Waals surface area contributed by atoms with Crippen LogP contribution < -0.4 is 0 Å². The molecule has 0 spiro atoms. The second kappa shape index (κ2) is 8.32. The van der Waals surface area contributed by atoms with Crippen molar-refractivity contribution < 1.29 is 14.3 Å². The van der Waals surface area contributed by atoms with E-state index in [-0.39, 0.29) is 5.78 Å². The summed E-state index contributed by atoms with van der Waals surface area (Å²) in [6, 6.07) is 23.2. The Hall–Kier alpha value is -3.71. The number of aryl methyl sites for hydroxylation is 1. The van der Waals surface area contributed by atoms with Gasteiger partial charge in [-0.25, -0.2) is 4.79 Å². The molecule has 4 nitrogen and oxygen atoms in total. The van der Waals surface area contributed by atoms with E-state index in [1.165, 1.54) is 0 Å². The monoisotopic (exact) mass is 369 g/mol. The van der Waals surface area contributed by atoms with Crippen LogP contribution in [0.1, 0.15) is 38.8 Å². The Morgan fingerprint density at radius 1 is 0.893 bits per heavy atom. The molecule has 0 aliphatic rings. The van der Waals surface area contributed by atoms with Crippen LogP contribution >= 0.6 is 0 Å². The van der Waals surface area contributed by atoms with Crippen molar-refractivity contribution in [2.45, 2.75) is 20.0 Å². The number of nitriles is 1. The van der Waals surface area contributed by atoms with Crippen molar-refractivity contribution in [1.82, 2.24) is 0 Å². The zero-order valence-corrected chi connectivity index (χ0v) is 15.7. The fourth-order valence-electron chi connectivity index (χ4n) is 2.94. The van der Waals surface area contributed by atoms with Crippen molar-refractivity contribution in [2.24, 2.45) is 0 Å². The molecule has 3 rings (SSSR count). The van der Waals surface area contributed by atoms with E-state index in [4.69, 9.17) is 4.74 Å².